The molecule has 0 aliphatic carbocycles. The van der Waals surface area contributed by atoms with Gasteiger partial charge in [0.25, 0.3) is 0 Å². The van der Waals surface area contributed by atoms with Crippen molar-refractivity contribution in [2.75, 3.05) is 13.6 Å². The molecule has 15 heavy (non-hydrogen) atoms. The molecule has 0 saturated heterocycles. The molecule has 1 nitrogen and oxygen atoms in total. The maximum atomic E-state index is 12.6. The predicted molar refractivity (Wildman–Crippen MR) is 62.5 cm³/mol. The maximum Gasteiger partial charge on any atom is 0.123 e. The quantitative estimate of drug-likeness (QED) is 0.680. The van der Waals surface area contributed by atoms with Crippen LogP contribution in [0.4, 0.5) is 4.39 Å². The molecule has 1 rings (SSSR count). The van der Waals surface area contributed by atoms with Crippen LogP contribution in [0.3, 0.4) is 0 Å². The molecule has 84 valence electrons. The lowest BCUT2D eigenvalue weighted by atomic mass is 10.1. The van der Waals surface area contributed by atoms with Crippen molar-refractivity contribution >= 4 is 0 Å². The Morgan fingerprint density at radius 1 is 1.00 bits per heavy atom. The van der Waals surface area contributed by atoms with E-state index in [4.69, 9.17) is 0 Å². The fraction of sp³-hybridized carbons (Fsp3) is 0.538. The molecule has 0 bridgehead atoms. The molecular formula is C13H20FN. The van der Waals surface area contributed by atoms with Crippen molar-refractivity contribution in [2.45, 2.75) is 32.1 Å². The zero-order chi connectivity index (χ0) is 10.9. The van der Waals surface area contributed by atoms with Gasteiger partial charge in [0.15, 0.2) is 0 Å². The highest BCUT2D eigenvalue weighted by Gasteiger charge is 1.94. The van der Waals surface area contributed by atoms with E-state index in [-0.39, 0.29) is 5.82 Å². The third-order valence-corrected chi connectivity index (χ3v) is 2.56. The van der Waals surface area contributed by atoms with E-state index in [0.717, 1.165) is 13.0 Å². The Morgan fingerprint density at radius 2 is 1.67 bits per heavy atom. The minimum Gasteiger partial charge on any atom is -0.320 e. The fourth-order valence-corrected chi connectivity index (χ4v) is 1.64. The molecule has 1 aromatic carbocycles. The Bertz CT molecular complexity index is 256. The Hall–Kier alpha value is -0.890. The van der Waals surface area contributed by atoms with E-state index in [2.05, 4.69) is 5.32 Å². The van der Waals surface area contributed by atoms with Crippen LogP contribution in [-0.2, 0) is 6.42 Å². The number of hydrogen-bond donors (Lipinski definition) is 1. The Morgan fingerprint density at radius 3 is 2.33 bits per heavy atom. The number of unbranched alkanes of at least 4 members (excludes halogenated alkanes) is 3. The summed E-state index contributed by atoms with van der Waals surface area (Å²) >= 11 is 0. The lowest BCUT2D eigenvalue weighted by Crippen LogP contribution is -2.06. The highest BCUT2D eigenvalue weighted by Crippen LogP contribution is 2.08. The number of rotatable bonds is 7. The predicted octanol–water partition coefficient (Wildman–Crippen LogP) is 3.15. The minimum atomic E-state index is -0.146. The summed E-state index contributed by atoms with van der Waals surface area (Å²) < 4.78 is 12.6. The molecule has 2 heteroatoms. The molecule has 1 N–H and O–H groups in total. The largest absolute Gasteiger partial charge is 0.320 e. The van der Waals surface area contributed by atoms with Crippen LogP contribution in [0.5, 0.6) is 0 Å². The average molecular weight is 209 g/mol. The van der Waals surface area contributed by atoms with Crippen molar-refractivity contribution in [2.24, 2.45) is 0 Å². The van der Waals surface area contributed by atoms with Crippen LogP contribution < -0.4 is 5.32 Å². The smallest absolute Gasteiger partial charge is 0.123 e. The zero-order valence-electron chi connectivity index (χ0n) is 9.43. The fourth-order valence-electron chi connectivity index (χ4n) is 1.64. The summed E-state index contributed by atoms with van der Waals surface area (Å²) in [6.07, 6.45) is 6.07. The van der Waals surface area contributed by atoms with Gasteiger partial charge in [0.2, 0.25) is 0 Å². The van der Waals surface area contributed by atoms with Crippen LogP contribution in [0, 0.1) is 5.82 Å². The van der Waals surface area contributed by atoms with Crippen molar-refractivity contribution in [3.05, 3.63) is 35.6 Å². The summed E-state index contributed by atoms with van der Waals surface area (Å²) in [7, 11) is 1.98. The molecule has 0 heterocycles. The van der Waals surface area contributed by atoms with Crippen LogP contribution in [0.2, 0.25) is 0 Å². The van der Waals surface area contributed by atoms with Gasteiger partial charge in [-0.1, -0.05) is 25.0 Å². The maximum absolute atomic E-state index is 12.6. The average Bonchev–Trinajstić information content (AvgIpc) is 2.26. The second kappa shape index (κ2) is 7.41. The Balaban J connectivity index is 2.07. The third-order valence-electron chi connectivity index (χ3n) is 2.56. The van der Waals surface area contributed by atoms with Crippen molar-refractivity contribution in [3.8, 4) is 0 Å². The molecule has 0 amide bonds. The van der Waals surface area contributed by atoms with Gasteiger partial charge in [-0.15, -0.1) is 0 Å². The number of hydrogen-bond acceptors (Lipinski definition) is 1. The highest BCUT2D eigenvalue weighted by atomic mass is 19.1. The summed E-state index contributed by atoms with van der Waals surface area (Å²) in [5.41, 5.74) is 1.24. The molecule has 0 fully saturated rings. The lowest BCUT2D eigenvalue weighted by molar-refractivity contribution is 0.613. The third kappa shape index (κ3) is 5.53. The number of nitrogens with one attached hydrogen (secondary N) is 1. The van der Waals surface area contributed by atoms with Gasteiger partial charge in [-0.25, -0.2) is 4.39 Å². The van der Waals surface area contributed by atoms with E-state index < -0.39 is 0 Å². The Kier molecular flexibility index (Phi) is 6.02. The summed E-state index contributed by atoms with van der Waals surface area (Å²) in [5, 5.41) is 3.14. The van der Waals surface area contributed by atoms with Crippen molar-refractivity contribution in [1.29, 1.82) is 0 Å². The van der Waals surface area contributed by atoms with Crippen LogP contribution >= 0.6 is 0 Å². The first-order valence-electron chi connectivity index (χ1n) is 5.72. The lowest BCUT2D eigenvalue weighted by Gasteiger charge is -2.02. The number of benzene rings is 1. The molecule has 0 aromatic heterocycles. The first-order chi connectivity index (χ1) is 7.33. The molecule has 0 spiro atoms. The molecule has 0 aliphatic rings. The van der Waals surface area contributed by atoms with Gasteiger partial charge in [-0.05, 0) is 50.6 Å². The molecular weight excluding hydrogens is 189 g/mol. The zero-order valence-corrected chi connectivity index (χ0v) is 9.43. The van der Waals surface area contributed by atoms with E-state index >= 15 is 0 Å². The van der Waals surface area contributed by atoms with Crippen LogP contribution in [0.15, 0.2) is 24.3 Å². The second-order valence-electron chi connectivity index (χ2n) is 3.89. The van der Waals surface area contributed by atoms with Gasteiger partial charge in [0.1, 0.15) is 5.82 Å². The molecule has 0 saturated carbocycles. The Labute approximate surface area is 91.7 Å². The second-order valence-corrected chi connectivity index (χ2v) is 3.89. The van der Waals surface area contributed by atoms with Crippen molar-refractivity contribution < 1.29 is 4.39 Å². The molecule has 0 atom stereocenters. The van der Waals surface area contributed by atoms with Crippen LogP contribution in [0.1, 0.15) is 31.2 Å². The van der Waals surface area contributed by atoms with E-state index in [9.17, 15) is 4.39 Å². The summed E-state index contributed by atoms with van der Waals surface area (Å²) in [6, 6.07) is 6.83. The summed E-state index contributed by atoms with van der Waals surface area (Å²) in [5.74, 6) is -0.146. The molecule has 1 aromatic rings. The van der Waals surface area contributed by atoms with Gasteiger partial charge in [-0.2, -0.15) is 0 Å². The van der Waals surface area contributed by atoms with E-state index in [1.807, 2.05) is 19.2 Å². The highest BCUT2D eigenvalue weighted by molar-refractivity contribution is 5.15. The van der Waals surface area contributed by atoms with Gasteiger partial charge in [0, 0.05) is 0 Å². The van der Waals surface area contributed by atoms with E-state index in [0.29, 0.717) is 0 Å². The first-order valence-corrected chi connectivity index (χ1v) is 5.72. The van der Waals surface area contributed by atoms with Crippen LogP contribution in [-0.4, -0.2) is 13.6 Å². The standard InChI is InChI=1S/C13H20FN/c1-15-11-5-3-2-4-6-12-7-9-13(14)10-8-12/h7-10,15H,2-6,11H2,1H3. The van der Waals surface area contributed by atoms with Crippen molar-refractivity contribution in [3.63, 3.8) is 0 Å². The summed E-state index contributed by atoms with van der Waals surface area (Å²) in [6.45, 7) is 1.11. The number of aryl methyl sites for hydroxylation is 1. The molecule has 0 radical (unpaired) electrons. The minimum absolute atomic E-state index is 0.146. The van der Waals surface area contributed by atoms with Gasteiger partial charge in [0.05, 0.1) is 0 Å². The molecule has 0 unspecified atom stereocenters. The van der Waals surface area contributed by atoms with Gasteiger partial charge >= 0.3 is 0 Å². The van der Waals surface area contributed by atoms with E-state index in [1.54, 1.807) is 0 Å². The first kappa shape index (κ1) is 12.2. The summed E-state index contributed by atoms with van der Waals surface area (Å²) in [4.78, 5) is 0. The number of halogens is 1. The molecule has 0 aliphatic heterocycles. The van der Waals surface area contributed by atoms with Gasteiger partial charge < -0.3 is 5.32 Å². The normalized spacial score (nSPS) is 10.5. The monoisotopic (exact) mass is 209 g/mol. The van der Waals surface area contributed by atoms with E-state index in [1.165, 1.54) is 43.4 Å². The SMILES string of the molecule is CNCCCCCCc1ccc(F)cc1. The topological polar surface area (TPSA) is 12.0 Å². The van der Waals surface area contributed by atoms with Crippen LogP contribution in [0.25, 0.3) is 0 Å². The van der Waals surface area contributed by atoms with Crippen molar-refractivity contribution in [1.82, 2.24) is 5.32 Å². The van der Waals surface area contributed by atoms with Gasteiger partial charge in [-0.3, -0.25) is 0 Å².